The van der Waals surface area contributed by atoms with E-state index >= 15 is 0 Å². The molecule has 1 aromatic carbocycles. The molecule has 112 valence electrons. The minimum atomic E-state index is -0.0851. The number of nitrogens with one attached hydrogen (secondary N) is 2. The van der Waals surface area contributed by atoms with E-state index < -0.39 is 0 Å². The Hall–Kier alpha value is -1.81. The molecular weight excluding hydrogens is 284 g/mol. The number of anilines is 3. The van der Waals surface area contributed by atoms with E-state index in [1.165, 1.54) is 0 Å². The molecule has 0 saturated heterocycles. The van der Waals surface area contributed by atoms with Gasteiger partial charge in [0.15, 0.2) is 0 Å². The van der Waals surface area contributed by atoms with Crippen molar-refractivity contribution in [1.82, 2.24) is 9.97 Å². The quantitative estimate of drug-likeness (QED) is 0.863. The third-order valence-electron chi connectivity index (χ3n) is 2.79. The van der Waals surface area contributed by atoms with Crippen molar-refractivity contribution in [1.29, 1.82) is 0 Å². The Balaban J connectivity index is 2.25. The van der Waals surface area contributed by atoms with Crippen LogP contribution in [0.1, 0.15) is 32.0 Å². The van der Waals surface area contributed by atoms with Gasteiger partial charge in [-0.3, -0.25) is 0 Å². The molecule has 0 aliphatic rings. The monoisotopic (exact) mass is 304 g/mol. The first kappa shape index (κ1) is 15.6. The molecule has 4 nitrogen and oxygen atoms in total. The van der Waals surface area contributed by atoms with E-state index in [9.17, 15) is 0 Å². The molecule has 0 fully saturated rings. The molecule has 21 heavy (non-hydrogen) atoms. The van der Waals surface area contributed by atoms with E-state index in [-0.39, 0.29) is 5.54 Å². The molecule has 1 heterocycles. The maximum Gasteiger partial charge on any atom is 0.225 e. The van der Waals surface area contributed by atoms with Crippen molar-refractivity contribution in [2.45, 2.75) is 40.2 Å². The Kier molecular flexibility index (Phi) is 4.37. The average Bonchev–Trinajstić information content (AvgIpc) is 2.31. The molecule has 0 amide bonds. The predicted molar refractivity (Wildman–Crippen MR) is 89.6 cm³/mol. The summed E-state index contributed by atoms with van der Waals surface area (Å²) in [4.78, 5) is 8.89. The minimum absolute atomic E-state index is 0.0851. The minimum Gasteiger partial charge on any atom is -0.350 e. The first-order chi connectivity index (χ1) is 9.73. The Morgan fingerprint density at radius 2 is 1.76 bits per heavy atom. The number of hydrogen-bond donors (Lipinski definition) is 2. The molecule has 0 radical (unpaired) electrons. The SMILES string of the molecule is Cc1cc(Nc2ccc(C)c(Cl)c2)nc(NC(C)(C)C)n1. The van der Waals surface area contributed by atoms with Crippen molar-refractivity contribution < 1.29 is 0 Å². The summed E-state index contributed by atoms with van der Waals surface area (Å²) in [5.74, 6) is 1.36. The van der Waals surface area contributed by atoms with Gasteiger partial charge in [0.25, 0.3) is 0 Å². The summed E-state index contributed by atoms with van der Waals surface area (Å²) in [6, 6.07) is 7.76. The van der Waals surface area contributed by atoms with Gasteiger partial charge < -0.3 is 10.6 Å². The molecule has 2 aromatic rings. The van der Waals surface area contributed by atoms with E-state index in [4.69, 9.17) is 11.6 Å². The summed E-state index contributed by atoms with van der Waals surface area (Å²) >= 11 is 6.14. The number of hydrogen-bond acceptors (Lipinski definition) is 4. The molecular formula is C16H21ClN4. The van der Waals surface area contributed by atoms with Crippen LogP contribution in [-0.4, -0.2) is 15.5 Å². The highest BCUT2D eigenvalue weighted by Gasteiger charge is 2.12. The van der Waals surface area contributed by atoms with E-state index in [0.29, 0.717) is 5.95 Å². The second kappa shape index (κ2) is 5.90. The van der Waals surface area contributed by atoms with Crippen LogP contribution >= 0.6 is 11.6 Å². The Morgan fingerprint density at radius 3 is 2.38 bits per heavy atom. The maximum absolute atomic E-state index is 6.14. The molecule has 0 bridgehead atoms. The number of nitrogens with zero attached hydrogens (tertiary/aromatic N) is 2. The van der Waals surface area contributed by atoms with E-state index in [0.717, 1.165) is 27.8 Å². The summed E-state index contributed by atoms with van der Waals surface area (Å²) in [5.41, 5.74) is 2.78. The van der Waals surface area contributed by atoms with Crippen LogP contribution < -0.4 is 10.6 Å². The number of halogens is 1. The Morgan fingerprint density at radius 1 is 1.05 bits per heavy atom. The zero-order valence-corrected chi connectivity index (χ0v) is 13.8. The van der Waals surface area contributed by atoms with Crippen LogP contribution in [0.2, 0.25) is 5.02 Å². The van der Waals surface area contributed by atoms with Gasteiger partial charge in [-0.05, 0) is 52.3 Å². The molecule has 2 rings (SSSR count). The molecule has 5 heteroatoms. The van der Waals surface area contributed by atoms with Crippen LogP contribution in [0, 0.1) is 13.8 Å². The summed E-state index contributed by atoms with van der Waals surface area (Å²) in [6.07, 6.45) is 0. The predicted octanol–water partition coefficient (Wildman–Crippen LogP) is 4.70. The van der Waals surface area contributed by atoms with Crippen molar-refractivity contribution in [3.63, 3.8) is 0 Å². The standard InChI is InChI=1S/C16H21ClN4/c1-10-6-7-12(9-13(10)17)19-14-8-11(2)18-15(20-14)21-16(3,4)5/h6-9H,1-5H3,(H2,18,19,20,21). The van der Waals surface area contributed by atoms with Crippen LogP contribution in [-0.2, 0) is 0 Å². The number of benzene rings is 1. The van der Waals surface area contributed by atoms with Gasteiger partial charge in [-0.15, -0.1) is 0 Å². The number of aromatic nitrogens is 2. The van der Waals surface area contributed by atoms with Crippen LogP contribution in [0.4, 0.5) is 17.5 Å². The number of aryl methyl sites for hydroxylation is 2. The van der Waals surface area contributed by atoms with Gasteiger partial charge in [-0.2, -0.15) is 4.98 Å². The van der Waals surface area contributed by atoms with Crippen LogP contribution in [0.25, 0.3) is 0 Å². The lowest BCUT2D eigenvalue weighted by atomic mass is 10.1. The lowest BCUT2D eigenvalue weighted by Crippen LogP contribution is -2.27. The second-order valence-corrected chi connectivity index (χ2v) is 6.59. The third kappa shape index (κ3) is 4.60. The summed E-state index contributed by atoms with van der Waals surface area (Å²) in [6.45, 7) is 10.2. The van der Waals surface area contributed by atoms with Crippen LogP contribution in [0.15, 0.2) is 24.3 Å². The first-order valence-electron chi connectivity index (χ1n) is 6.90. The highest BCUT2D eigenvalue weighted by Crippen LogP contribution is 2.23. The van der Waals surface area contributed by atoms with Crippen molar-refractivity contribution in [2.75, 3.05) is 10.6 Å². The lowest BCUT2D eigenvalue weighted by Gasteiger charge is -2.21. The topological polar surface area (TPSA) is 49.8 Å². The highest BCUT2D eigenvalue weighted by molar-refractivity contribution is 6.31. The molecule has 1 aromatic heterocycles. The second-order valence-electron chi connectivity index (χ2n) is 6.18. The van der Waals surface area contributed by atoms with Crippen molar-refractivity contribution >= 4 is 29.1 Å². The third-order valence-corrected chi connectivity index (χ3v) is 3.19. The van der Waals surface area contributed by atoms with Gasteiger partial charge >= 0.3 is 0 Å². The van der Waals surface area contributed by atoms with Crippen molar-refractivity contribution in [3.8, 4) is 0 Å². The fraction of sp³-hybridized carbons (Fsp3) is 0.375. The van der Waals surface area contributed by atoms with Crippen LogP contribution in [0.5, 0.6) is 0 Å². The van der Waals surface area contributed by atoms with E-state index in [1.807, 2.05) is 38.1 Å². The molecule has 2 N–H and O–H groups in total. The van der Waals surface area contributed by atoms with Gasteiger partial charge in [0.05, 0.1) is 0 Å². The van der Waals surface area contributed by atoms with E-state index in [1.54, 1.807) is 0 Å². The maximum atomic E-state index is 6.14. The molecule has 0 atom stereocenters. The highest BCUT2D eigenvalue weighted by atomic mass is 35.5. The fourth-order valence-electron chi connectivity index (χ4n) is 1.84. The normalized spacial score (nSPS) is 11.3. The lowest BCUT2D eigenvalue weighted by molar-refractivity contribution is 0.625. The Labute approximate surface area is 131 Å². The van der Waals surface area contributed by atoms with Crippen molar-refractivity contribution in [2.24, 2.45) is 0 Å². The van der Waals surface area contributed by atoms with Gasteiger partial charge in [0, 0.05) is 28.0 Å². The van der Waals surface area contributed by atoms with Gasteiger partial charge in [0.1, 0.15) is 5.82 Å². The molecule has 0 aliphatic heterocycles. The van der Waals surface area contributed by atoms with Crippen LogP contribution in [0.3, 0.4) is 0 Å². The Bertz CT molecular complexity index is 647. The largest absolute Gasteiger partial charge is 0.350 e. The van der Waals surface area contributed by atoms with Crippen molar-refractivity contribution in [3.05, 3.63) is 40.5 Å². The van der Waals surface area contributed by atoms with E-state index in [2.05, 4.69) is 41.4 Å². The fourth-order valence-corrected chi connectivity index (χ4v) is 2.02. The zero-order valence-electron chi connectivity index (χ0n) is 13.1. The molecule has 0 spiro atoms. The first-order valence-corrected chi connectivity index (χ1v) is 7.28. The van der Waals surface area contributed by atoms with Gasteiger partial charge in [-0.25, -0.2) is 4.98 Å². The average molecular weight is 305 g/mol. The molecule has 0 saturated carbocycles. The van der Waals surface area contributed by atoms with Gasteiger partial charge in [0.2, 0.25) is 5.95 Å². The summed E-state index contributed by atoms with van der Waals surface area (Å²) in [7, 11) is 0. The number of rotatable bonds is 3. The summed E-state index contributed by atoms with van der Waals surface area (Å²) < 4.78 is 0. The van der Waals surface area contributed by atoms with Gasteiger partial charge in [-0.1, -0.05) is 17.7 Å². The molecule has 0 unspecified atom stereocenters. The summed E-state index contributed by atoms with van der Waals surface area (Å²) in [5, 5.41) is 7.28. The smallest absolute Gasteiger partial charge is 0.225 e. The molecule has 0 aliphatic carbocycles. The zero-order chi connectivity index (χ0) is 15.6.